The summed E-state index contributed by atoms with van der Waals surface area (Å²) in [7, 11) is 0. The summed E-state index contributed by atoms with van der Waals surface area (Å²) < 4.78 is 5.51. The maximum Gasteiger partial charge on any atom is 0.309 e. The second-order valence-electron chi connectivity index (χ2n) is 8.44. The van der Waals surface area contributed by atoms with E-state index in [4.69, 9.17) is 14.5 Å². The van der Waals surface area contributed by atoms with Crippen LogP contribution < -0.4 is 0 Å². The van der Waals surface area contributed by atoms with E-state index < -0.39 is 5.60 Å². The number of rotatable bonds is 9. The van der Waals surface area contributed by atoms with Crippen molar-refractivity contribution in [1.82, 2.24) is 0 Å². The number of esters is 1. The van der Waals surface area contributed by atoms with Crippen LogP contribution in [0.1, 0.15) is 70.8 Å². The van der Waals surface area contributed by atoms with Gasteiger partial charge >= 0.3 is 5.97 Å². The zero-order valence-electron chi connectivity index (χ0n) is 17.1. The average molecular weight is 385 g/mol. The van der Waals surface area contributed by atoms with Crippen LogP contribution >= 0.6 is 0 Å². The molecule has 2 heterocycles. The molecule has 0 amide bonds. The Hall–Kier alpha value is -1.91. The lowest BCUT2D eigenvalue weighted by Crippen LogP contribution is -2.51. The molecule has 0 aromatic heterocycles. The minimum absolute atomic E-state index is 0.188. The Morgan fingerprint density at radius 2 is 1.86 bits per heavy atom. The monoisotopic (exact) mass is 384 g/mol. The minimum atomic E-state index is -0.540. The molecular formula is C24H32O4. The lowest BCUT2D eigenvalue weighted by molar-refractivity contribution is -0.428. The van der Waals surface area contributed by atoms with Gasteiger partial charge in [0, 0.05) is 6.42 Å². The molecule has 4 nitrogen and oxygen atoms in total. The Morgan fingerprint density at radius 1 is 1.07 bits per heavy atom. The lowest BCUT2D eigenvalue weighted by Gasteiger charge is -2.43. The molecule has 0 radical (unpaired) electrons. The highest BCUT2D eigenvalue weighted by Crippen LogP contribution is 2.44. The number of carbonyl (C=O) groups excluding carboxylic acids is 1. The van der Waals surface area contributed by atoms with Gasteiger partial charge in [0.1, 0.15) is 17.3 Å². The first-order chi connectivity index (χ1) is 13.5. The van der Waals surface area contributed by atoms with Crippen LogP contribution in [-0.4, -0.2) is 23.3 Å². The summed E-state index contributed by atoms with van der Waals surface area (Å²) in [6.45, 7) is 4.02. The highest BCUT2D eigenvalue weighted by Gasteiger charge is 2.55. The van der Waals surface area contributed by atoms with Crippen molar-refractivity contribution < 1.29 is 19.3 Å². The number of allylic oxidation sites excluding steroid dienone is 3. The molecule has 0 saturated carbocycles. The summed E-state index contributed by atoms with van der Waals surface area (Å²) in [4.78, 5) is 22.7. The Labute approximate surface area is 168 Å². The first-order valence-corrected chi connectivity index (χ1v) is 10.4. The van der Waals surface area contributed by atoms with Crippen molar-refractivity contribution >= 4 is 12.0 Å². The fourth-order valence-electron chi connectivity index (χ4n) is 4.12. The predicted octanol–water partition coefficient (Wildman–Crippen LogP) is 5.78. The zero-order valence-corrected chi connectivity index (χ0v) is 17.1. The van der Waals surface area contributed by atoms with E-state index >= 15 is 0 Å². The smallest absolute Gasteiger partial charge is 0.309 e. The third-order valence-corrected chi connectivity index (χ3v) is 5.63. The molecule has 2 aliphatic rings. The average Bonchev–Trinajstić information content (AvgIpc) is 2.96. The molecular weight excluding hydrogens is 352 g/mol. The predicted molar refractivity (Wildman–Crippen MR) is 110 cm³/mol. The minimum Gasteiger partial charge on any atom is -0.456 e. The summed E-state index contributed by atoms with van der Waals surface area (Å²) in [6, 6.07) is 10.3. The molecule has 0 N–H and O–H groups in total. The van der Waals surface area contributed by atoms with Crippen LogP contribution in [-0.2, 0) is 19.3 Å². The van der Waals surface area contributed by atoms with Gasteiger partial charge in [-0.05, 0) is 38.7 Å². The highest BCUT2D eigenvalue weighted by molar-refractivity contribution is 5.73. The summed E-state index contributed by atoms with van der Waals surface area (Å²) in [5, 5.41) is 0. The van der Waals surface area contributed by atoms with E-state index in [1.165, 1.54) is 24.8 Å². The van der Waals surface area contributed by atoms with Crippen LogP contribution in [0.3, 0.4) is 0 Å². The molecule has 0 spiro atoms. The lowest BCUT2D eigenvalue weighted by atomic mass is 9.82. The van der Waals surface area contributed by atoms with Crippen LogP contribution in [0, 0.1) is 0 Å². The van der Waals surface area contributed by atoms with E-state index in [1.807, 2.05) is 25.1 Å². The molecule has 1 aromatic rings. The van der Waals surface area contributed by atoms with Gasteiger partial charge in [0.15, 0.2) is 0 Å². The Bertz CT molecular complexity index is 696. The molecule has 3 atom stereocenters. The number of hydrogen-bond acceptors (Lipinski definition) is 4. The van der Waals surface area contributed by atoms with Crippen molar-refractivity contribution in [1.29, 1.82) is 0 Å². The molecule has 2 fully saturated rings. The van der Waals surface area contributed by atoms with Gasteiger partial charge in [0.05, 0.1) is 6.42 Å². The number of carbonyl (C=O) groups is 1. The van der Waals surface area contributed by atoms with E-state index in [0.717, 1.165) is 19.3 Å². The van der Waals surface area contributed by atoms with E-state index in [1.54, 1.807) is 0 Å². The molecule has 0 aliphatic carbocycles. The molecule has 4 heteroatoms. The SMILES string of the molecule is CC1(CCCCCCC=CC=Cc2ccccc2)CC2(C)OC(=O)CC2OO1. The van der Waals surface area contributed by atoms with Crippen molar-refractivity contribution in [3.05, 3.63) is 54.1 Å². The Morgan fingerprint density at radius 3 is 2.68 bits per heavy atom. The largest absolute Gasteiger partial charge is 0.456 e. The standard InChI is InChI=1S/C24H32O4/c1-23(19-24(2)21(27-28-23)18-22(25)26-24)17-13-8-6-4-3-5-7-10-14-20-15-11-9-12-16-20/h5,7,9-12,14-16,21H,3-4,6,8,13,17-19H2,1-2H3. The molecule has 1 aromatic carbocycles. The second kappa shape index (κ2) is 9.53. The number of benzene rings is 1. The van der Waals surface area contributed by atoms with E-state index in [2.05, 4.69) is 43.4 Å². The van der Waals surface area contributed by atoms with Crippen molar-refractivity contribution in [2.24, 2.45) is 0 Å². The van der Waals surface area contributed by atoms with Crippen molar-refractivity contribution in [2.45, 2.75) is 82.5 Å². The Balaban J connectivity index is 1.27. The molecule has 0 bridgehead atoms. The third kappa shape index (κ3) is 5.79. The second-order valence-corrected chi connectivity index (χ2v) is 8.44. The zero-order chi connectivity index (χ0) is 19.9. The quantitative estimate of drug-likeness (QED) is 0.234. The molecule has 28 heavy (non-hydrogen) atoms. The number of fused-ring (bicyclic) bond motifs is 1. The van der Waals surface area contributed by atoms with Crippen molar-refractivity contribution in [2.75, 3.05) is 0 Å². The van der Waals surface area contributed by atoms with Crippen LogP contribution in [0.25, 0.3) is 6.08 Å². The molecule has 2 aliphatic heterocycles. The molecule has 3 unspecified atom stereocenters. The number of hydrogen-bond donors (Lipinski definition) is 0. The molecule has 2 saturated heterocycles. The van der Waals surface area contributed by atoms with Gasteiger partial charge in [-0.2, -0.15) is 0 Å². The maximum atomic E-state index is 11.6. The van der Waals surface area contributed by atoms with E-state index in [-0.39, 0.29) is 17.7 Å². The summed E-state index contributed by atoms with van der Waals surface area (Å²) in [6.07, 6.45) is 16.0. The molecule has 3 rings (SSSR count). The molecule has 152 valence electrons. The van der Waals surface area contributed by atoms with Gasteiger partial charge in [-0.3, -0.25) is 4.79 Å². The first-order valence-electron chi connectivity index (χ1n) is 10.4. The fourth-order valence-corrected chi connectivity index (χ4v) is 4.12. The number of ether oxygens (including phenoxy) is 1. The first kappa shape index (κ1) is 20.8. The van der Waals surface area contributed by atoms with Gasteiger partial charge in [0.2, 0.25) is 0 Å². The van der Waals surface area contributed by atoms with Gasteiger partial charge in [-0.15, -0.1) is 0 Å². The summed E-state index contributed by atoms with van der Waals surface area (Å²) in [5.74, 6) is -0.188. The van der Waals surface area contributed by atoms with E-state index in [9.17, 15) is 4.79 Å². The van der Waals surface area contributed by atoms with Crippen LogP contribution in [0.4, 0.5) is 0 Å². The topological polar surface area (TPSA) is 44.8 Å². The van der Waals surface area contributed by atoms with Crippen LogP contribution in [0.5, 0.6) is 0 Å². The highest BCUT2D eigenvalue weighted by atomic mass is 17.2. The maximum absolute atomic E-state index is 11.6. The van der Waals surface area contributed by atoms with E-state index in [0.29, 0.717) is 12.8 Å². The van der Waals surface area contributed by atoms with Crippen LogP contribution in [0.2, 0.25) is 0 Å². The normalized spacial score (nSPS) is 30.1. The summed E-state index contributed by atoms with van der Waals surface area (Å²) in [5.41, 5.74) is 0.308. The van der Waals surface area contributed by atoms with Gasteiger partial charge in [0.25, 0.3) is 0 Å². The van der Waals surface area contributed by atoms with Gasteiger partial charge in [-0.1, -0.05) is 73.9 Å². The fraction of sp³-hybridized carbons (Fsp3) is 0.542. The van der Waals surface area contributed by atoms with Crippen LogP contribution in [0.15, 0.2) is 48.6 Å². The summed E-state index contributed by atoms with van der Waals surface area (Å²) >= 11 is 0. The third-order valence-electron chi connectivity index (χ3n) is 5.63. The Kier molecular flexibility index (Phi) is 7.08. The van der Waals surface area contributed by atoms with Crippen molar-refractivity contribution in [3.63, 3.8) is 0 Å². The van der Waals surface area contributed by atoms with Gasteiger partial charge in [-0.25, -0.2) is 9.78 Å². The van der Waals surface area contributed by atoms with Gasteiger partial charge < -0.3 is 4.74 Å². The van der Waals surface area contributed by atoms with Crippen molar-refractivity contribution in [3.8, 4) is 0 Å². The number of unbranched alkanes of at least 4 members (excludes halogenated alkanes) is 4.